The maximum atomic E-state index is 11.5. The number of methoxy groups -OCH3 is 1. The molecule has 0 unspecified atom stereocenters. The first-order valence-electron chi connectivity index (χ1n) is 5.60. The minimum atomic E-state index is 0.109. The van der Waals surface area contributed by atoms with Gasteiger partial charge in [0.1, 0.15) is 0 Å². The van der Waals surface area contributed by atoms with Crippen molar-refractivity contribution >= 4 is 5.91 Å². The Kier molecular flexibility index (Phi) is 5.64. The summed E-state index contributed by atoms with van der Waals surface area (Å²) in [5.41, 5.74) is 1.19. The molecule has 1 aromatic rings. The van der Waals surface area contributed by atoms with Crippen LogP contribution in [0.25, 0.3) is 0 Å². The molecule has 0 aromatic carbocycles. The van der Waals surface area contributed by atoms with Crippen molar-refractivity contribution < 1.29 is 9.53 Å². The van der Waals surface area contributed by atoms with Gasteiger partial charge in [-0.3, -0.25) is 4.79 Å². The van der Waals surface area contributed by atoms with Gasteiger partial charge in [-0.2, -0.15) is 0 Å². The van der Waals surface area contributed by atoms with E-state index < -0.39 is 0 Å². The van der Waals surface area contributed by atoms with Crippen LogP contribution in [0.2, 0.25) is 0 Å². The third-order valence-corrected chi connectivity index (χ3v) is 2.51. The predicted octanol–water partition coefficient (Wildman–Crippen LogP) is 1.11. The Labute approximate surface area is 96.6 Å². The van der Waals surface area contributed by atoms with Crippen molar-refractivity contribution in [2.75, 3.05) is 20.3 Å². The van der Waals surface area contributed by atoms with Crippen LogP contribution in [0.15, 0.2) is 18.3 Å². The molecule has 4 nitrogen and oxygen atoms in total. The molecule has 0 radical (unpaired) electrons. The van der Waals surface area contributed by atoms with Gasteiger partial charge in [0.2, 0.25) is 5.91 Å². The molecule has 1 aromatic heterocycles. The fourth-order valence-corrected chi connectivity index (χ4v) is 1.53. The van der Waals surface area contributed by atoms with E-state index in [0.717, 1.165) is 12.8 Å². The largest absolute Gasteiger partial charge is 0.385 e. The summed E-state index contributed by atoms with van der Waals surface area (Å²) < 4.78 is 6.94. The Balaban J connectivity index is 2.13. The molecule has 1 heterocycles. The summed E-state index contributed by atoms with van der Waals surface area (Å²) in [7, 11) is 3.66. The summed E-state index contributed by atoms with van der Waals surface area (Å²) in [4.78, 5) is 11.5. The maximum Gasteiger partial charge on any atom is 0.220 e. The Morgan fingerprint density at radius 3 is 3.00 bits per heavy atom. The lowest BCUT2D eigenvalue weighted by atomic mass is 10.2. The van der Waals surface area contributed by atoms with Crippen LogP contribution in [-0.4, -0.2) is 30.7 Å². The average molecular weight is 224 g/mol. The number of hydrogen-bond donors (Lipinski definition) is 1. The van der Waals surface area contributed by atoms with Gasteiger partial charge in [0, 0.05) is 45.6 Å². The third kappa shape index (κ3) is 4.49. The Hall–Kier alpha value is -1.29. The van der Waals surface area contributed by atoms with E-state index in [1.54, 1.807) is 7.11 Å². The molecule has 4 heteroatoms. The SMILES string of the molecule is COCCCNC(=O)CCc1cccn1C. The number of rotatable bonds is 7. The number of hydrogen-bond acceptors (Lipinski definition) is 2. The van der Waals surface area contributed by atoms with Gasteiger partial charge < -0.3 is 14.6 Å². The molecule has 1 N–H and O–H groups in total. The smallest absolute Gasteiger partial charge is 0.220 e. The van der Waals surface area contributed by atoms with Gasteiger partial charge in [-0.15, -0.1) is 0 Å². The monoisotopic (exact) mass is 224 g/mol. The molecule has 1 amide bonds. The van der Waals surface area contributed by atoms with Crippen LogP contribution in [0.5, 0.6) is 0 Å². The number of nitrogens with zero attached hydrogens (tertiary/aromatic N) is 1. The lowest BCUT2D eigenvalue weighted by Gasteiger charge is -2.05. The van der Waals surface area contributed by atoms with Crippen LogP contribution in [0.3, 0.4) is 0 Å². The third-order valence-electron chi connectivity index (χ3n) is 2.51. The Bertz CT molecular complexity index is 321. The lowest BCUT2D eigenvalue weighted by molar-refractivity contribution is -0.121. The number of carbonyl (C=O) groups excluding carboxylic acids is 1. The first kappa shape index (κ1) is 12.8. The van der Waals surface area contributed by atoms with E-state index in [1.807, 2.05) is 29.9 Å². The van der Waals surface area contributed by atoms with Crippen molar-refractivity contribution in [2.24, 2.45) is 7.05 Å². The quantitative estimate of drug-likeness (QED) is 0.705. The fourth-order valence-electron chi connectivity index (χ4n) is 1.53. The molecule has 16 heavy (non-hydrogen) atoms. The number of carbonyl (C=O) groups is 1. The molecule has 0 saturated heterocycles. The van der Waals surface area contributed by atoms with Gasteiger partial charge in [-0.1, -0.05) is 0 Å². The van der Waals surface area contributed by atoms with E-state index in [-0.39, 0.29) is 5.91 Å². The zero-order valence-corrected chi connectivity index (χ0v) is 10.0. The van der Waals surface area contributed by atoms with Crippen LogP contribution in [0, 0.1) is 0 Å². The van der Waals surface area contributed by atoms with Crippen molar-refractivity contribution in [3.63, 3.8) is 0 Å². The van der Waals surface area contributed by atoms with Gasteiger partial charge >= 0.3 is 0 Å². The second-order valence-corrected chi connectivity index (χ2v) is 3.81. The molecule has 0 fully saturated rings. The average Bonchev–Trinajstić information content (AvgIpc) is 2.67. The first-order valence-corrected chi connectivity index (χ1v) is 5.60. The minimum Gasteiger partial charge on any atom is -0.385 e. The van der Waals surface area contributed by atoms with Crippen molar-refractivity contribution in [1.82, 2.24) is 9.88 Å². The number of aryl methyl sites for hydroxylation is 2. The molecule has 0 spiro atoms. The van der Waals surface area contributed by atoms with Gasteiger partial charge in [0.05, 0.1) is 0 Å². The predicted molar refractivity (Wildman–Crippen MR) is 63.2 cm³/mol. The number of nitrogens with one attached hydrogen (secondary N) is 1. The Morgan fingerprint density at radius 1 is 1.56 bits per heavy atom. The van der Waals surface area contributed by atoms with Crippen LogP contribution in [-0.2, 0) is 23.0 Å². The second-order valence-electron chi connectivity index (χ2n) is 3.81. The topological polar surface area (TPSA) is 43.3 Å². The highest BCUT2D eigenvalue weighted by Gasteiger charge is 2.03. The van der Waals surface area contributed by atoms with Crippen LogP contribution in [0.4, 0.5) is 0 Å². The summed E-state index contributed by atoms with van der Waals surface area (Å²) in [6.07, 6.45) is 4.20. The van der Waals surface area contributed by atoms with E-state index in [2.05, 4.69) is 5.32 Å². The van der Waals surface area contributed by atoms with Crippen LogP contribution < -0.4 is 5.32 Å². The molecule has 1 rings (SSSR count). The van der Waals surface area contributed by atoms with E-state index >= 15 is 0 Å². The van der Waals surface area contributed by atoms with Crippen molar-refractivity contribution in [2.45, 2.75) is 19.3 Å². The van der Waals surface area contributed by atoms with Gasteiger partial charge in [0.15, 0.2) is 0 Å². The summed E-state index contributed by atoms with van der Waals surface area (Å²) in [6, 6.07) is 4.03. The fraction of sp³-hybridized carbons (Fsp3) is 0.583. The van der Waals surface area contributed by atoms with E-state index in [0.29, 0.717) is 19.6 Å². The number of amides is 1. The summed E-state index contributed by atoms with van der Waals surface area (Å²) in [6.45, 7) is 1.39. The lowest BCUT2D eigenvalue weighted by Crippen LogP contribution is -2.25. The summed E-state index contributed by atoms with van der Waals surface area (Å²) in [5, 5.41) is 2.87. The van der Waals surface area contributed by atoms with E-state index in [4.69, 9.17) is 4.74 Å². The zero-order chi connectivity index (χ0) is 11.8. The summed E-state index contributed by atoms with van der Waals surface area (Å²) >= 11 is 0. The maximum absolute atomic E-state index is 11.5. The van der Waals surface area contributed by atoms with Gasteiger partial charge in [-0.25, -0.2) is 0 Å². The zero-order valence-electron chi connectivity index (χ0n) is 10.0. The summed E-state index contributed by atoms with van der Waals surface area (Å²) in [5.74, 6) is 0.109. The highest BCUT2D eigenvalue weighted by molar-refractivity contribution is 5.76. The molecular weight excluding hydrogens is 204 g/mol. The molecular formula is C12H20N2O2. The molecule has 0 aliphatic heterocycles. The second kappa shape index (κ2) is 7.06. The number of aromatic nitrogens is 1. The molecule has 0 atom stereocenters. The highest BCUT2D eigenvalue weighted by atomic mass is 16.5. The van der Waals surface area contributed by atoms with Crippen LogP contribution >= 0.6 is 0 Å². The minimum absolute atomic E-state index is 0.109. The molecule has 0 bridgehead atoms. The van der Waals surface area contributed by atoms with Crippen molar-refractivity contribution in [3.8, 4) is 0 Å². The van der Waals surface area contributed by atoms with Crippen molar-refractivity contribution in [1.29, 1.82) is 0 Å². The van der Waals surface area contributed by atoms with E-state index in [1.165, 1.54) is 5.69 Å². The van der Waals surface area contributed by atoms with Crippen LogP contribution in [0.1, 0.15) is 18.5 Å². The van der Waals surface area contributed by atoms with Gasteiger partial charge in [0.25, 0.3) is 0 Å². The first-order chi connectivity index (χ1) is 7.74. The van der Waals surface area contributed by atoms with Crippen molar-refractivity contribution in [3.05, 3.63) is 24.0 Å². The Morgan fingerprint density at radius 2 is 2.38 bits per heavy atom. The number of ether oxygens (including phenoxy) is 1. The van der Waals surface area contributed by atoms with E-state index in [9.17, 15) is 4.79 Å². The molecule has 0 aliphatic carbocycles. The molecule has 90 valence electrons. The highest BCUT2D eigenvalue weighted by Crippen LogP contribution is 2.02. The molecule has 0 saturated carbocycles. The normalized spacial score (nSPS) is 10.4. The standard InChI is InChI=1S/C12H20N2O2/c1-14-9-3-5-11(14)6-7-12(15)13-8-4-10-16-2/h3,5,9H,4,6-8,10H2,1-2H3,(H,13,15). The van der Waals surface area contributed by atoms with Gasteiger partial charge in [-0.05, 0) is 25.0 Å². The molecule has 0 aliphatic rings.